The average molecular weight is 455 g/mol. The summed E-state index contributed by atoms with van der Waals surface area (Å²) in [5, 5.41) is 12.2. The van der Waals surface area contributed by atoms with Crippen LogP contribution in [0.2, 0.25) is 0 Å². The molecule has 4 rings (SSSR count). The van der Waals surface area contributed by atoms with E-state index in [1.807, 2.05) is 6.07 Å². The molecule has 170 valence electrons. The first kappa shape index (κ1) is 22.4. The zero-order valence-corrected chi connectivity index (χ0v) is 18.8. The van der Waals surface area contributed by atoms with Crippen LogP contribution in [-0.4, -0.2) is 33.1 Å². The molecular weight excluding hydrogens is 434 g/mol. The molecule has 0 saturated carbocycles. The zero-order valence-electron chi connectivity index (χ0n) is 18.8. The fourth-order valence-corrected chi connectivity index (χ4v) is 3.71. The summed E-state index contributed by atoms with van der Waals surface area (Å²) in [6.07, 6.45) is 0. The highest BCUT2D eigenvalue weighted by Gasteiger charge is 2.41. The topological polar surface area (TPSA) is 101 Å². The van der Waals surface area contributed by atoms with Gasteiger partial charge >= 0.3 is 0 Å². The SMILES string of the molecule is COc1ccc(OC)c(NC2=C(c3ccccc3OC)C(=O)N(c3ccc(C#N)cc3)C2=O)c1. The van der Waals surface area contributed by atoms with Crippen LogP contribution in [0.5, 0.6) is 17.2 Å². The lowest BCUT2D eigenvalue weighted by Gasteiger charge is -2.16. The molecule has 1 N–H and O–H groups in total. The maximum atomic E-state index is 13.6. The van der Waals surface area contributed by atoms with Crippen LogP contribution in [0.25, 0.3) is 5.57 Å². The first-order valence-electron chi connectivity index (χ1n) is 10.3. The number of hydrogen-bond donors (Lipinski definition) is 1. The summed E-state index contributed by atoms with van der Waals surface area (Å²) >= 11 is 0. The predicted molar refractivity (Wildman–Crippen MR) is 127 cm³/mol. The number of nitrogens with one attached hydrogen (secondary N) is 1. The van der Waals surface area contributed by atoms with Crippen LogP contribution in [0.4, 0.5) is 11.4 Å². The van der Waals surface area contributed by atoms with E-state index < -0.39 is 11.8 Å². The Morgan fingerprint density at radius 3 is 2.18 bits per heavy atom. The Kier molecular flexibility index (Phi) is 6.19. The number of carbonyl (C=O) groups excluding carboxylic acids is 2. The van der Waals surface area contributed by atoms with Gasteiger partial charge in [0.25, 0.3) is 11.8 Å². The molecule has 0 bridgehead atoms. The Morgan fingerprint density at radius 2 is 1.53 bits per heavy atom. The maximum Gasteiger partial charge on any atom is 0.282 e. The fourth-order valence-electron chi connectivity index (χ4n) is 3.71. The van der Waals surface area contributed by atoms with Crippen molar-refractivity contribution < 1.29 is 23.8 Å². The quantitative estimate of drug-likeness (QED) is 0.538. The highest BCUT2D eigenvalue weighted by atomic mass is 16.5. The van der Waals surface area contributed by atoms with Crippen LogP contribution >= 0.6 is 0 Å². The summed E-state index contributed by atoms with van der Waals surface area (Å²) in [6, 6.07) is 20.3. The molecule has 34 heavy (non-hydrogen) atoms. The molecule has 1 aliphatic heterocycles. The van der Waals surface area contributed by atoms with Crippen LogP contribution in [-0.2, 0) is 9.59 Å². The van der Waals surface area contributed by atoms with Crippen molar-refractivity contribution in [3.05, 3.63) is 83.6 Å². The number of ether oxygens (including phenoxy) is 3. The Bertz CT molecular complexity index is 1340. The van der Waals surface area contributed by atoms with Gasteiger partial charge in [-0.15, -0.1) is 0 Å². The van der Waals surface area contributed by atoms with E-state index in [1.165, 1.54) is 21.3 Å². The molecule has 3 aromatic carbocycles. The molecular formula is C26H21N3O5. The molecule has 0 aromatic heterocycles. The van der Waals surface area contributed by atoms with Crippen LogP contribution in [0.15, 0.2) is 72.4 Å². The van der Waals surface area contributed by atoms with Gasteiger partial charge in [-0.1, -0.05) is 18.2 Å². The number of methoxy groups -OCH3 is 3. The number of benzene rings is 3. The highest BCUT2D eigenvalue weighted by molar-refractivity contribution is 6.46. The normalized spacial score (nSPS) is 13.1. The number of nitrogens with zero attached hydrogens (tertiary/aromatic N) is 2. The van der Waals surface area contributed by atoms with E-state index in [1.54, 1.807) is 66.7 Å². The first-order valence-corrected chi connectivity index (χ1v) is 10.3. The second kappa shape index (κ2) is 9.38. The lowest BCUT2D eigenvalue weighted by Crippen LogP contribution is -2.32. The summed E-state index contributed by atoms with van der Waals surface area (Å²) in [5.74, 6) is 0.370. The molecule has 0 aliphatic carbocycles. The standard InChI is InChI=1S/C26H21N3O5/c1-32-18-12-13-22(34-3)20(14-18)28-24-23(19-6-4-5-7-21(19)33-2)25(30)29(26(24)31)17-10-8-16(15-27)9-11-17/h4-14,28H,1-3H3. The highest BCUT2D eigenvalue weighted by Crippen LogP contribution is 2.39. The molecule has 2 amide bonds. The summed E-state index contributed by atoms with van der Waals surface area (Å²) in [6.45, 7) is 0. The van der Waals surface area contributed by atoms with Crippen molar-refractivity contribution in [2.45, 2.75) is 0 Å². The Morgan fingerprint density at radius 1 is 0.824 bits per heavy atom. The number of nitriles is 1. The van der Waals surface area contributed by atoms with Gasteiger partial charge in [0.2, 0.25) is 0 Å². The number of imide groups is 1. The van der Waals surface area contributed by atoms with Crippen molar-refractivity contribution in [3.63, 3.8) is 0 Å². The molecule has 1 aliphatic rings. The van der Waals surface area contributed by atoms with E-state index in [-0.39, 0.29) is 11.3 Å². The van der Waals surface area contributed by atoms with E-state index in [4.69, 9.17) is 19.5 Å². The Balaban J connectivity index is 1.88. The average Bonchev–Trinajstić information content (AvgIpc) is 3.12. The van der Waals surface area contributed by atoms with E-state index in [2.05, 4.69) is 5.32 Å². The van der Waals surface area contributed by atoms with E-state index in [9.17, 15) is 9.59 Å². The fraction of sp³-hybridized carbons (Fsp3) is 0.115. The number of para-hydroxylation sites is 1. The van der Waals surface area contributed by atoms with Gasteiger partial charge in [0.1, 0.15) is 22.9 Å². The summed E-state index contributed by atoms with van der Waals surface area (Å²) in [5.41, 5.74) is 1.88. The first-order chi connectivity index (χ1) is 16.5. The third kappa shape index (κ3) is 3.91. The van der Waals surface area contributed by atoms with Crippen molar-refractivity contribution in [1.29, 1.82) is 5.26 Å². The molecule has 0 fully saturated rings. The zero-order chi connectivity index (χ0) is 24.2. The third-order valence-corrected chi connectivity index (χ3v) is 5.38. The van der Waals surface area contributed by atoms with Gasteiger partial charge < -0.3 is 19.5 Å². The Labute approximate surface area is 196 Å². The summed E-state index contributed by atoms with van der Waals surface area (Å²) < 4.78 is 16.2. The van der Waals surface area contributed by atoms with Gasteiger partial charge in [-0.3, -0.25) is 9.59 Å². The van der Waals surface area contributed by atoms with Gasteiger partial charge in [-0.05, 0) is 42.5 Å². The van der Waals surface area contributed by atoms with Crippen molar-refractivity contribution in [1.82, 2.24) is 0 Å². The number of amides is 2. The molecule has 0 radical (unpaired) electrons. The number of anilines is 2. The van der Waals surface area contributed by atoms with Crippen molar-refractivity contribution in [3.8, 4) is 23.3 Å². The summed E-state index contributed by atoms with van der Waals surface area (Å²) in [4.78, 5) is 28.3. The van der Waals surface area contributed by atoms with E-state index in [0.717, 1.165) is 4.90 Å². The lowest BCUT2D eigenvalue weighted by molar-refractivity contribution is -0.120. The van der Waals surface area contributed by atoms with E-state index >= 15 is 0 Å². The third-order valence-electron chi connectivity index (χ3n) is 5.38. The van der Waals surface area contributed by atoms with Crippen LogP contribution in [0.1, 0.15) is 11.1 Å². The van der Waals surface area contributed by atoms with Crippen molar-refractivity contribution in [2.24, 2.45) is 0 Å². The van der Waals surface area contributed by atoms with Gasteiger partial charge in [-0.25, -0.2) is 4.90 Å². The molecule has 1 heterocycles. The Hall–Kier alpha value is -4.77. The second-order valence-electron chi connectivity index (χ2n) is 7.25. The molecule has 0 saturated heterocycles. The minimum absolute atomic E-state index is 0.0606. The molecule has 0 atom stereocenters. The molecule has 3 aromatic rings. The monoisotopic (exact) mass is 455 g/mol. The van der Waals surface area contributed by atoms with E-state index in [0.29, 0.717) is 39.8 Å². The molecule has 8 nitrogen and oxygen atoms in total. The van der Waals surface area contributed by atoms with Crippen LogP contribution < -0.4 is 24.4 Å². The number of carbonyl (C=O) groups is 2. The van der Waals surface area contributed by atoms with Crippen molar-refractivity contribution >= 4 is 28.8 Å². The van der Waals surface area contributed by atoms with Crippen LogP contribution in [0.3, 0.4) is 0 Å². The maximum absolute atomic E-state index is 13.6. The molecule has 0 spiro atoms. The molecule has 8 heteroatoms. The second-order valence-corrected chi connectivity index (χ2v) is 7.25. The van der Waals surface area contributed by atoms with Gasteiger partial charge in [0.05, 0.1) is 49.9 Å². The number of hydrogen-bond acceptors (Lipinski definition) is 7. The van der Waals surface area contributed by atoms with Gasteiger partial charge in [0.15, 0.2) is 0 Å². The van der Waals surface area contributed by atoms with Gasteiger partial charge in [0, 0.05) is 11.6 Å². The number of rotatable bonds is 7. The predicted octanol–water partition coefficient (Wildman–Crippen LogP) is 3.98. The largest absolute Gasteiger partial charge is 0.497 e. The lowest BCUT2D eigenvalue weighted by atomic mass is 10.0. The van der Waals surface area contributed by atoms with Crippen LogP contribution in [0, 0.1) is 11.3 Å². The minimum Gasteiger partial charge on any atom is -0.497 e. The summed E-state index contributed by atoms with van der Waals surface area (Å²) in [7, 11) is 4.53. The minimum atomic E-state index is -0.555. The van der Waals surface area contributed by atoms with Gasteiger partial charge in [-0.2, -0.15) is 5.26 Å². The smallest absolute Gasteiger partial charge is 0.282 e. The van der Waals surface area contributed by atoms with Crippen molar-refractivity contribution in [2.75, 3.05) is 31.5 Å². The molecule has 0 unspecified atom stereocenters.